The molecule has 0 heterocycles. The van der Waals surface area contributed by atoms with Gasteiger partial charge < -0.3 is 21.3 Å². The van der Waals surface area contributed by atoms with Gasteiger partial charge >= 0.3 is 0 Å². The normalized spacial score (nSPS) is 20.3. The smallest absolute Gasteiger partial charge is 0.229 e. The predicted molar refractivity (Wildman–Crippen MR) is 134 cm³/mol. The Hall–Kier alpha value is -2.64. The molecule has 2 unspecified atom stereocenters. The highest BCUT2D eigenvalue weighted by atomic mass is 16.2. The lowest BCUT2D eigenvalue weighted by Crippen LogP contribution is -2.66. The van der Waals surface area contributed by atoms with Crippen LogP contribution in [-0.2, 0) is 19.2 Å². The van der Waals surface area contributed by atoms with Crippen LogP contribution in [0.1, 0.15) is 88.5 Å². The first kappa shape index (κ1) is 29.4. The Morgan fingerprint density at radius 3 is 1.62 bits per heavy atom. The molecule has 0 bridgehead atoms. The lowest BCUT2D eigenvalue weighted by atomic mass is 9.89. The van der Waals surface area contributed by atoms with Crippen molar-refractivity contribution >= 4 is 23.6 Å². The highest BCUT2D eigenvalue weighted by Gasteiger charge is 2.42. The minimum absolute atomic E-state index is 0.160. The van der Waals surface area contributed by atoms with E-state index in [4.69, 9.17) is 0 Å². The molecule has 0 radical (unpaired) electrons. The number of allylic oxidation sites excluding steroid dienone is 1. The molecular weight excluding hydrogens is 432 g/mol. The molecule has 4 amide bonds. The third-order valence-corrected chi connectivity index (χ3v) is 6.05. The minimum Gasteiger partial charge on any atom is -0.328 e. The lowest BCUT2D eigenvalue weighted by molar-refractivity contribution is -0.132. The molecule has 8 heteroatoms. The molecular formula is C26H44N4O4. The first-order chi connectivity index (χ1) is 15.5. The van der Waals surface area contributed by atoms with Crippen molar-refractivity contribution in [3.63, 3.8) is 0 Å². The minimum atomic E-state index is -1.35. The van der Waals surface area contributed by atoms with Crippen LogP contribution in [0.25, 0.3) is 0 Å². The molecule has 0 saturated heterocycles. The van der Waals surface area contributed by atoms with Gasteiger partial charge in [-0.1, -0.05) is 75.3 Å². The second kappa shape index (κ2) is 11.2. The summed E-state index contributed by atoms with van der Waals surface area (Å²) in [5.41, 5.74) is -1.88. The van der Waals surface area contributed by atoms with E-state index >= 15 is 0 Å². The number of rotatable bonds is 8. The van der Waals surface area contributed by atoms with Gasteiger partial charge in [0.15, 0.2) is 5.66 Å². The van der Waals surface area contributed by atoms with Crippen LogP contribution in [0.15, 0.2) is 23.5 Å². The van der Waals surface area contributed by atoms with Crippen LogP contribution in [0.2, 0.25) is 0 Å². The Kier molecular flexibility index (Phi) is 9.67. The average Bonchev–Trinajstić information content (AvgIpc) is 2.73. The van der Waals surface area contributed by atoms with Gasteiger partial charge in [0.05, 0.1) is 5.70 Å². The first-order valence-electron chi connectivity index (χ1n) is 12.2. The SMILES string of the molecule is CCC(C)C(=O)NC1(NC(=O)C(C)CC)CC=C(NC(=O)C(C)(C)C)C=C1NC(=O)C(C)(C)C. The van der Waals surface area contributed by atoms with Gasteiger partial charge in [0, 0.05) is 34.8 Å². The van der Waals surface area contributed by atoms with Crippen molar-refractivity contribution in [3.8, 4) is 0 Å². The van der Waals surface area contributed by atoms with E-state index in [1.807, 2.05) is 27.7 Å². The molecule has 0 aliphatic heterocycles. The van der Waals surface area contributed by atoms with E-state index in [1.54, 1.807) is 53.7 Å². The maximum absolute atomic E-state index is 13.0. The zero-order valence-electron chi connectivity index (χ0n) is 22.6. The zero-order chi connectivity index (χ0) is 26.5. The second-order valence-corrected chi connectivity index (χ2v) is 11.3. The molecule has 8 nitrogen and oxygen atoms in total. The molecule has 2 atom stereocenters. The molecule has 0 fully saturated rings. The van der Waals surface area contributed by atoms with Gasteiger partial charge in [0.1, 0.15) is 0 Å². The summed E-state index contributed by atoms with van der Waals surface area (Å²) in [7, 11) is 0. The summed E-state index contributed by atoms with van der Waals surface area (Å²) in [5.74, 6) is -1.51. The van der Waals surface area contributed by atoms with Gasteiger partial charge in [-0.25, -0.2) is 0 Å². The summed E-state index contributed by atoms with van der Waals surface area (Å²) in [4.78, 5) is 51.6. The van der Waals surface area contributed by atoms with E-state index in [0.717, 1.165) is 0 Å². The van der Waals surface area contributed by atoms with Crippen LogP contribution >= 0.6 is 0 Å². The molecule has 1 aliphatic carbocycles. The van der Waals surface area contributed by atoms with Gasteiger partial charge in [0.25, 0.3) is 0 Å². The van der Waals surface area contributed by atoms with Crippen LogP contribution in [0.4, 0.5) is 0 Å². The molecule has 1 rings (SSSR count). The molecule has 0 aromatic rings. The van der Waals surface area contributed by atoms with Crippen molar-refractivity contribution in [1.82, 2.24) is 21.3 Å². The van der Waals surface area contributed by atoms with Crippen molar-refractivity contribution in [2.45, 2.75) is 94.2 Å². The quantitative estimate of drug-likeness (QED) is 0.401. The summed E-state index contributed by atoms with van der Waals surface area (Å²) in [6, 6.07) is 0. The summed E-state index contributed by atoms with van der Waals surface area (Å²) in [5, 5.41) is 11.8. The Morgan fingerprint density at radius 1 is 0.824 bits per heavy atom. The van der Waals surface area contributed by atoms with Crippen molar-refractivity contribution in [1.29, 1.82) is 0 Å². The number of amides is 4. The van der Waals surface area contributed by atoms with Crippen molar-refractivity contribution in [2.75, 3.05) is 0 Å². The molecule has 0 aromatic carbocycles. The molecule has 4 N–H and O–H groups in total. The summed E-state index contributed by atoms with van der Waals surface area (Å²) < 4.78 is 0. The zero-order valence-corrected chi connectivity index (χ0v) is 22.6. The van der Waals surface area contributed by atoms with Crippen molar-refractivity contribution in [3.05, 3.63) is 23.5 Å². The third kappa shape index (κ3) is 7.71. The predicted octanol–water partition coefficient (Wildman–Crippen LogP) is 3.50. The van der Waals surface area contributed by atoms with E-state index in [2.05, 4.69) is 21.3 Å². The maximum atomic E-state index is 13.0. The average molecular weight is 477 g/mol. The van der Waals surface area contributed by atoms with Gasteiger partial charge in [-0.15, -0.1) is 0 Å². The number of nitrogens with one attached hydrogen (secondary N) is 4. The Balaban J connectivity index is 3.55. The number of hydrogen-bond donors (Lipinski definition) is 4. The molecule has 34 heavy (non-hydrogen) atoms. The summed E-state index contributed by atoms with van der Waals surface area (Å²) in [6.45, 7) is 18.2. The second-order valence-electron chi connectivity index (χ2n) is 11.3. The largest absolute Gasteiger partial charge is 0.328 e. The summed E-state index contributed by atoms with van der Waals surface area (Å²) >= 11 is 0. The Labute approximate surface area is 204 Å². The fourth-order valence-corrected chi connectivity index (χ4v) is 2.87. The fourth-order valence-electron chi connectivity index (χ4n) is 2.87. The number of carbonyl (C=O) groups is 4. The van der Waals surface area contributed by atoms with Crippen LogP contribution in [0.5, 0.6) is 0 Å². The van der Waals surface area contributed by atoms with E-state index in [-0.39, 0.29) is 41.9 Å². The van der Waals surface area contributed by atoms with Crippen LogP contribution < -0.4 is 21.3 Å². The number of carbonyl (C=O) groups excluding carboxylic acids is 4. The topological polar surface area (TPSA) is 116 Å². The van der Waals surface area contributed by atoms with Gasteiger partial charge in [0.2, 0.25) is 23.6 Å². The molecule has 192 valence electrons. The van der Waals surface area contributed by atoms with E-state index < -0.39 is 16.5 Å². The van der Waals surface area contributed by atoms with Crippen LogP contribution in [-0.4, -0.2) is 29.3 Å². The van der Waals surface area contributed by atoms with Gasteiger partial charge in [-0.05, 0) is 18.9 Å². The van der Waals surface area contributed by atoms with Gasteiger partial charge in [-0.3, -0.25) is 19.2 Å². The molecule has 0 saturated carbocycles. The maximum Gasteiger partial charge on any atom is 0.229 e. The van der Waals surface area contributed by atoms with Gasteiger partial charge in [-0.2, -0.15) is 0 Å². The molecule has 1 aliphatic rings. The lowest BCUT2D eigenvalue weighted by Gasteiger charge is -2.41. The summed E-state index contributed by atoms with van der Waals surface area (Å²) in [6.07, 6.45) is 4.77. The fraction of sp³-hybridized carbons (Fsp3) is 0.692. The highest BCUT2D eigenvalue weighted by molar-refractivity contribution is 5.87. The highest BCUT2D eigenvalue weighted by Crippen LogP contribution is 2.28. The standard InChI is InChI=1S/C26H44N4O4/c1-11-16(3)20(31)29-26(30-21(32)17(4)12-2)14-13-18(27-22(33)24(5,6)7)15-19(26)28-23(34)25(8,9)10/h13,15-17H,11-12,14H2,1-10H3,(H,27,33)(H,28,34)(H,29,31)(H,30,32). The van der Waals surface area contributed by atoms with Crippen molar-refractivity contribution < 1.29 is 19.2 Å². The van der Waals surface area contributed by atoms with Crippen molar-refractivity contribution in [2.24, 2.45) is 22.7 Å². The third-order valence-electron chi connectivity index (χ3n) is 6.05. The van der Waals surface area contributed by atoms with Crippen LogP contribution in [0, 0.1) is 22.7 Å². The molecule has 0 aromatic heterocycles. The number of hydrogen-bond acceptors (Lipinski definition) is 4. The van der Waals surface area contributed by atoms with E-state index in [9.17, 15) is 19.2 Å². The molecule has 0 spiro atoms. The van der Waals surface area contributed by atoms with E-state index in [0.29, 0.717) is 24.2 Å². The Morgan fingerprint density at radius 2 is 1.24 bits per heavy atom. The first-order valence-corrected chi connectivity index (χ1v) is 12.2. The Bertz CT molecular complexity index is 835. The monoisotopic (exact) mass is 476 g/mol. The van der Waals surface area contributed by atoms with Crippen LogP contribution in [0.3, 0.4) is 0 Å². The van der Waals surface area contributed by atoms with E-state index in [1.165, 1.54) is 0 Å².